The summed E-state index contributed by atoms with van der Waals surface area (Å²) in [5, 5.41) is 2.55. The molecular weight excluding hydrogens is 362 g/mol. The van der Waals surface area contributed by atoms with Gasteiger partial charge in [-0.1, -0.05) is 0 Å². The number of amides is 1. The Morgan fingerprint density at radius 2 is 1.93 bits per heavy atom. The molecule has 0 radical (unpaired) electrons. The van der Waals surface area contributed by atoms with E-state index < -0.39 is 5.56 Å². The van der Waals surface area contributed by atoms with Crippen molar-refractivity contribution >= 4 is 34.5 Å². The Balaban J connectivity index is 1.73. The summed E-state index contributed by atoms with van der Waals surface area (Å²) in [5.74, 6) is -0.433. The van der Waals surface area contributed by atoms with Gasteiger partial charge in [0.2, 0.25) is 5.95 Å². The van der Waals surface area contributed by atoms with Crippen LogP contribution in [0.4, 0.5) is 11.6 Å². The molecule has 2 aromatic heterocycles. The van der Waals surface area contributed by atoms with Crippen LogP contribution in [0.15, 0.2) is 35.3 Å². The molecule has 0 aliphatic carbocycles. The zero-order valence-corrected chi connectivity index (χ0v) is 15.4. The second-order valence-electron chi connectivity index (χ2n) is 6.27. The van der Waals surface area contributed by atoms with Crippen LogP contribution < -0.4 is 21.5 Å². The highest BCUT2D eigenvalue weighted by Gasteiger charge is 2.10. The van der Waals surface area contributed by atoms with Gasteiger partial charge in [-0.05, 0) is 31.2 Å². The Morgan fingerprint density at radius 3 is 2.61 bits per heavy atom. The van der Waals surface area contributed by atoms with E-state index in [9.17, 15) is 14.4 Å². The van der Waals surface area contributed by atoms with Crippen molar-refractivity contribution in [1.82, 2.24) is 25.3 Å². The fraction of sp³-hybridized carbons (Fsp3) is 0.222. The average Bonchev–Trinajstić information content (AvgIpc) is 2.66. The highest BCUT2D eigenvalue weighted by atomic mass is 16.2. The maximum Gasteiger partial charge on any atom is 0.280 e. The van der Waals surface area contributed by atoms with Crippen LogP contribution in [0, 0.1) is 0 Å². The maximum atomic E-state index is 12.0. The number of aromatic nitrogens is 4. The number of fused-ring (bicyclic) bond motifs is 1. The van der Waals surface area contributed by atoms with Crippen LogP contribution in [0.3, 0.4) is 0 Å². The zero-order chi connectivity index (χ0) is 20.3. The molecule has 28 heavy (non-hydrogen) atoms. The van der Waals surface area contributed by atoms with E-state index in [1.165, 1.54) is 13.1 Å². The second-order valence-corrected chi connectivity index (χ2v) is 6.27. The lowest BCUT2D eigenvalue weighted by Gasteiger charge is -2.19. The summed E-state index contributed by atoms with van der Waals surface area (Å²) in [7, 11) is 1.85. The molecule has 2 heterocycles. The number of nitrogens with one attached hydrogen (secondary N) is 2. The quantitative estimate of drug-likeness (QED) is 0.550. The van der Waals surface area contributed by atoms with E-state index in [4.69, 9.17) is 5.73 Å². The number of hydrogen-bond donors (Lipinski definition) is 3. The van der Waals surface area contributed by atoms with Crippen LogP contribution in [0.2, 0.25) is 0 Å². The van der Waals surface area contributed by atoms with Gasteiger partial charge in [-0.3, -0.25) is 19.4 Å². The summed E-state index contributed by atoms with van der Waals surface area (Å²) in [5.41, 5.74) is 7.24. The Kier molecular flexibility index (Phi) is 5.30. The molecule has 0 aliphatic rings. The van der Waals surface area contributed by atoms with Crippen molar-refractivity contribution in [3.05, 3.63) is 52.1 Å². The molecule has 0 saturated heterocycles. The molecule has 10 nitrogen and oxygen atoms in total. The highest BCUT2D eigenvalue weighted by molar-refractivity contribution is 5.96. The van der Waals surface area contributed by atoms with E-state index in [2.05, 4.69) is 25.3 Å². The first kappa shape index (κ1) is 19.0. The van der Waals surface area contributed by atoms with E-state index in [1.54, 1.807) is 24.3 Å². The van der Waals surface area contributed by atoms with Gasteiger partial charge in [-0.2, -0.15) is 4.98 Å². The van der Waals surface area contributed by atoms with Crippen molar-refractivity contribution in [2.75, 3.05) is 24.2 Å². The summed E-state index contributed by atoms with van der Waals surface area (Å²) < 4.78 is 0. The Morgan fingerprint density at radius 1 is 1.21 bits per heavy atom. The molecule has 144 valence electrons. The average molecular weight is 381 g/mol. The molecule has 0 atom stereocenters. The normalized spacial score (nSPS) is 10.6. The Bertz CT molecular complexity index is 1090. The number of benzene rings is 1. The number of H-pyrrole nitrogens is 1. The number of nitrogen functional groups attached to an aromatic ring is 1. The fourth-order valence-electron chi connectivity index (χ4n) is 2.56. The third kappa shape index (κ3) is 4.29. The van der Waals surface area contributed by atoms with Gasteiger partial charge in [0.25, 0.3) is 11.5 Å². The number of aromatic amines is 1. The SMILES string of the molecule is CC(=O)CNC(=O)c1ccc(N(C)Cc2cnc3nc(N)[nH]c(=O)c3n2)cc1. The highest BCUT2D eigenvalue weighted by Crippen LogP contribution is 2.16. The van der Waals surface area contributed by atoms with Crippen LogP contribution in [0.25, 0.3) is 11.2 Å². The monoisotopic (exact) mass is 381 g/mol. The topological polar surface area (TPSA) is 147 Å². The van der Waals surface area contributed by atoms with Crippen LogP contribution in [-0.4, -0.2) is 45.2 Å². The van der Waals surface area contributed by atoms with Gasteiger partial charge in [0.15, 0.2) is 11.2 Å². The van der Waals surface area contributed by atoms with Crippen molar-refractivity contribution < 1.29 is 9.59 Å². The number of nitrogens with two attached hydrogens (primary N) is 1. The zero-order valence-electron chi connectivity index (χ0n) is 15.4. The number of Topliss-reactive ketones (excluding diaryl/α,β-unsaturated/α-hetero) is 1. The van der Waals surface area contributed by atoms with Crippen LogP contribution in [-0.2, 0) is 11.3 Å². The predicted molar refractivity (Wildman–Crippen MR) is 104 cm³/mol. The standard InChI is InChI=1S/C18H19N7O3/c1-10(26)7-21-16(27)11-3-5-13(6-4-11)25(2)9-12-8-20-15-14(22-12)17(28)24-18(19)23-15/h3-6,8H,7,9H2,1-2H3,(H,21,27)(H3,19,20,23,24,28). The van der Waals surface area contributed by atoms with Gasteiger partial charge in [0.1, 0.15) is 5.78 Å². The smallest absolute Gasteiger partial charge is 0.280 e. The third-order valence-electron chi connectivity index (χ3n) is 3.95. The van der Waals surface area contributed by atoms with E-state index in [0.717, 1.165) is 5.69 Å². The molecule has 0 spiro atoms. The number of nitrogens with zero attached hydrogens (tertiary/aromatic N) is 4. The molecule has 0 unspecified atom stereocenters. The largest absolute Gasteiger partial charge is 0.369 e. The predicted octanol–water partition coefficient (Wildman–Crippen LogP) is 0.251. The molecule has 0 bridgehead atoms. The third-order valence-corrected chi connectivity index (χ3v) is 3.95. The maximum absolute atomic E-state index is 12.0. The lowest BCUT2D eigenvalue weighted by atomic mass is 10.2. The molecule has 10 heteroatoms. The lowest BCUT2D eigenvalue weighted by molar-refractivity contribution is -0.116. The fourth-order valence-corrected chi connectivity index (χ4v) is 2.56. The number of carbonyl (C=O) groups excluding carboxylic acids is 2. The number of rotatable bonds is 6. The summed E-state index contributed by atoms with van der Waals surface area (Å²) in [6, 6.07) is 6.91. The van der Waals surface area contributed by atoms with Gasteiger partial charge in [0.05, 0.1) is 25.0 Å². The molecule has 1 amide bonds. The molecule has 3 rings (SSSR count). The van der Waals surface area contributed by atoms with Crippen molar-refractivity contribution in [2.45, 2.75) is 13.5 Å². The lowest BCUT2D eigenvalue weighted by Crippen LogP contribution is -2.28. The van der Waals surface area contributed by atoms with Gasteiger partial charge in [-0.25, -0.2) is 9.97 Å². The number of anilines is 2. The molecule has 0 saturated carbocycles. The molecule has 1 aromatic carbocycles. The number of carbonyl (C=O) groups is 2. The molecule has 0 aliphatic heterocycles. The van der Waals surface area contributed by atoms with Crippen LogP contribution in [0.5, 0.6) is 0 Å². The molecule has 4 N–H and O–H groups in total. The van der Waals surface area contributed by atoms with Gasteiger partial charge in [-0.15, -0.1) is 0 Å². The van der Waals surface area contributed by atoms with E-state index in [-0.39, 0.29) is 35.3 Å². The first-order valence-electron chi connectivity index (χ1n) is 8.44. The van der Waals surface area contributed by atoms with Gasteiger partial charge in [0, 0.05) is 18.3 Å². The van der Waals surface area contributed by atoms with Gasteiger partial charge >= 0.3 is 0 Å². The minimum atomic E-state index is -0.444. The van der Waals surface area contributed by atoms with Crippen LogP contribution in [0.1, 0.15) is 23.0 Å². The summed E-state index contributed by atoms with van der Waals surface area (Å²) in [6.07, 6.45) is 1.54. The van der Waals surface area contributed by atoms with Crippen LogP contribution >= 0.6 is 0 Å². The molecular formula is C18H19N7O3. The Hall–Kier alpha value is -3.82. The Labute approximate surface area is 159 Å². The molecule has 0 fully saturated rings. The number of hydrogen-bond acceptors (Lipinski definition) is 8. The van der Waals surface area contributed by atoms with Crippen molar-refractivity contribution in [3.8, 4) is 0 Å². The van der Waals surface area contributed by atoms with Gasteiger partial charge < -0.3 is 16.0 Å². The first-order valence-corrected chi connectivity index (χ1v) is 8.44. The summed E-state index contributed by atoms with van der Waals surface area (Å²) in [6.45, 7) is 1.80. The van der Waals surface area contributed by atoms with E-state index in [0.29, 0.717) is 17.8 Å². The summed E-state index contributed by atoms with van der Waals surface area (Å²) >= 11 is 0. The minimum Gasteiger partial charge on any atom is -0.369 e. The van der Waals surface area contributed by atoms with Crippen molar-refractivity contribution in [2.24, 2.45) is 0 Å². The first-order chi connectivity index (χ1) is 13.3. The molecule has 3 aromatic rings. The van der Waals surface area contributed by atoms with Crippen molar-refractivity contribution in [1.29, 1.82) is 0 Å². The number of ketones is 1. The van der Waals surface area contributed by atoms with Crippen molar-refractivity contribution in [3.63, 3.8) is 0 Å². The second kappa shape index (κ2) is 7.82. The van der Waals surface area contributed by atoms with E-state index in [1.807, 2.05) is 11.9 Å². The van der Waals surface area contributed by atoms with E-state index >= 15 is 0 Å². The summed E-state index contributed by atoms with van der Waals surface area (Å²) in [4.78, 5) is 51.5. The minimum absolute atomic E-state index is 0.000752.